The third-order valence-electron chi connectivity index (χ3n) is 5.86. The first kappa shape index (κ1) is 16.2. The van der Waals surface area contributed by atoms with Crippen molar-refractivity contribution < 1.29 is 9.90 Å². The van der Waals surface area contributed by atoms with Crippen LogP contribution in [-0.4, -0.2) is 33.6 Å². The largest absolute Gasteiger partial charge is 0.478 e. The van der Waals surface area contributed by atoms with Gasteiger partial charge in [-0.1, -0.05) is 18.2 Å². The lowest BCUT2D eigenvalue weighted by molar-refractivity contribution is 0.0697. The molecule has 5 heteroatoms. The number of hydrogen-bond donors (Lipinski definition) is 1. The van der Waals surface area contributed by atoms with Gasteiger partial charge in [-0.25, -0.2) is 14.8 Å². The molecule has 2 aliphatic rings. The predicted octanol–water partition coefficient (Wildman–Crippen LogP) is 4.08. The zero-order valence-corrected chi connectivity index (χ0v) is 15.3. The monoisotopic (exact) mass is 359 g/mol. The van der Waals surface area contributed by atoms with Gasteiger partial charge in [0.1, 0.15) is 0 Å². The van der Waals surface area contributed by atoms with Gasteiger partial charge < -0.3 is 10.0 Å². The van der Waals surface area contributed by atoms with Crippen LogP contribution in [0.25, 0.3) is 22.0 Å². The van der Waals surface area contributed by atoms with Gasteiger partial charge in [-0.05, 0) is 61.6 Å². The molecule has 2 aromatic carbocycles. The molecule has 136 valence electrons. The van der Waals surface area contributed by atoms with E-state index in [2.05, 4.69) is 24.0 Å². The number of fused-ring (bicyclic) bond motifs is 2. The van der Waals surface area contributed by atoms with E-state index in [1.165, 1.54) is 17.7 Å². The van der Waals surface area contributed by atoms with Crippen LogP contribution in [0.1, 0.15) is 41.4 Å². The molecule has 1 aromatic heterocycles. The maximum atomic E-state index is 11.3. The number of aromatic nitrogens is 2. The van der Waals surface area contributed by atoms with Crippen LogP contribution >= 0.6 is 0 Å². The smallest absolute Gasteiger partial charge is 0.335 e. The molecule has 1 aliphatic heterocycles. The van der Waals surface area contributed by atoms with Gasteiger partial charge in [0.05, 0.1) is 11.3 Å². The number of nitrogens with zero attached hydrogens (tertiary/aromatic N) is 3. The number of carboxylic acids is 1. The van der Waals surface area contributed by atoms with Gasteiger partial charge in [-0.15, -0.1) is 0 Å². The fraction of sp³-hybridized carbons (Fsp3) is 0.318. The van der Waals surface area contributed by atoms with Crippen molar-refractivity contribution in [3.05, 3.63) is 53.2 Å². The quantitative estimate of drug-likeness (QED) is 0.763. The Morgan fingerprint density at radius 3 is 2.70 bits per heavy atom. The number of rotatable bonds is 3. The SMILES string of the molecule is C[C@H]1CCN1c1nc2c(c(-c3ccc4ccc(C(=O)O)cc4c3)n1)CCC2. The Hall–Kier alpha value is -2.95. The van der Waals surface area contributed by atoms with E-state index in [-0.39, 0.29) is 0 Å². The van der Waals surface area contributed by atoms with E-state index in [0.29, 0.717) is 11.6 Å². The second-order valence-corrected chi connectivity index (χ2v) is 7.56. The molecule has 1 aliphatic carbocycles. The van der Waals surface area contributed by atoms with Gasteiger partial charge >= 0.3 is 5.97 Å². The molecule has 1 saturated heterocycles. The highest BCUT2D eigenvalue weighted by Gasteiger charge is 2.29. The maximum absolute atomic E-state index is 11.3. The van der Waals surface area contributed by atoms with Gasteiger partial charge in [-0.2, -0.15) is 0 Å². The number of hydrogen-bond acceptors (Lipinski definition) is 4. The van der Waals surface area contributed by atoms with E-state index in [1.807, 2.05) is 12.1 Å². The lowest BCUT2D eigenvalue weighted by Crippen LogP contribution is -2.46. The van der Waals surface area contributed by atoms with E-state index in [4.69, 9.17) is 9.97 Å². The van der Waals surface area contributed by atoms with Crippen LogP contribution < -0.4 is 4.90 Å². The van der Waals surface area contributed by atoms with Gasteiger partial charge in [0.25, 0.3) is 0 Å². The highest BCUT2D eigenvalue weighted by atomic mass is 16.4. The molecule has 27 heavy (non-hydrogen) atoms. The molecule has 1 fully saturated rings. The Kier molecular flexibility index (Phi) is 3.64. The summed E-state index contributed by atoms with van der Waals surface area (Å²) in [5.74, 6) is -0.0666. The van der Waals surface area contributed by atoms with Crippen molar-refractivity contribution in [1.29, 1.82) is 0 Å². The van der Waals surface area contributed by atoms with Crippen LogP contribution in [0, 0.1) is 0 Å². The minimum absolute atomic E-state index is 0.308. The first-order valence-corrected chi connectivity index (χ1v) is 9.54. The summed E-state index contributed by atoms with van der Waals surface area (Å²) in [5.41, 5.74) is 4.78. The van der Waals surface area contributed by atoms with Crippen LogP contribution in [-0.2, 0) is 12.8 Å². The third-order valence-corrected chi connectivity index (χ3v) is 5.86. The van der Waals surface area contributed by atoms with Gasteiger partial charge in [0.2, 0.25) is 5.95 Å². The number of carbonyl (C=O) groups is 1. The zero-order valence-electron chi connectivity index (χ0n) is 15.3. The zero-order chi connectivity index (χ0) is 18.5. The Morgan fingerprint density at radius 2 is 1.96 bits per heavy atom. The van der Waals surface area contributed by atoms with Crippen LogP contribution in [0.2, 0.25) is 0 Å². The molecule has 1 atom stereocenters. The summed E-state index contributed by atoms with van der Waals surface area (Å²) >= 11 is 0. The second-order valence-electron chi connectivity index (χ2n) is 7.56. The number of carboxylic acid groups (broad SMARTS) is 1. The number of benzene rings is 2. The van der Waals surface area contributed by atoms with Crippen molar-refractivity contribution in [2.24, 2.45) is 0 Å². The summed E-state index contributed by atoms with van der Waals surface area (Å²) in [6, 6.07) is 11.9. The molecule has 5 rings (SSSR count). The highest BCUT2D eigenvalue weighted by molar-refractivity contribution is 5.95. The van der Waals surface area contributed by atoms with Crippen LogP contribution in [0.4, 0.5) is 5.95 Å². The van der Waals surface area contributed by atoms with E-state index >= 15 is 0 Å². The summed E-state index contributed by atoms with van der Waals surface area (Å²) in [5, 5.41) is 11.2. The molecule has 0 unspecified atom stereocenters. The van der Waals surface area contributed by atoms with E-state index in [9.17, 15) is 9.90 Å². The van der Waals surface area contributed by atoms with Crippen LogP contribution in [0.5, 0.6) is 0 Å². The molecule has 0 saturated carbocycles. The molecule has 0 radical (unpaired) electrons. The third kappa shape index (κ3) is 2.65. The number of anilines is 1. The molecule has 0 spiro atoms. The van der Waals surface area contributed by atoms with E-state index < -0.39 is 5.97 Å². The highest BCUT2D eigenvalue weighted by Crippen LogP contribution is 2.35. The molecule has 0 amide bonds. The molecule has 0 bridgehead atoms. The average Bonchev–Trinajstić information content (AvgIpc) is 3.13. The fourth-order valence-electron chi connectivity index (χ4n) is 4.13. The molecular weight excluding hydrogens is 338 g/mol. The number of aryl methyl sites for hydroxylation is 1. The molecule has 5 nitrogen and oxygen atoms in total. The van der Waals surface area contributed by atoms with Crippen molar-refractivity contribution in [2.45, 2.75) is 38.6 Å². The molecular formula is C22H21N3O2. The maximum Gasteiger partial charge on any atom is 0.335 e. The minimum Gasteiger partial charge on any atom is -0.478 e. The van der Waals surface area contributed by atoms with E-state index in [1.54, 1.807) is 12.1 Å². The lowest BCUT2D eigenvalue weighted by atomic mass is 9.99. The van der Waals surface area contributed by atoms with Crippen LogP contribution in [0.3, 0.4) is 0 Å². The molecule has 1 N–H and O–H groups in total. The average molecular weight is 359 g/mol. The topological polar surface area (TPSA) is 66.3 Å². The standard InChI is InChI=1S/C22H21N3O2/c1-13-9-10-25(13)22-23-19-4-2-3-18(19)20(24-22)15-7-5-14-6-8-16(21(26)27)12-17(14)11-15/h5-8,11-13H,2-4,9-10H2,1H3,(H,26,27)/t13-/m0/s1. The fourth-order valence-corrected chi connectivity index (χ4v) is 4.13. The Balaban J connectivity index is 1.66. The van der Waals surface area contributed by atoms with Crippen molar-refractivity contribution in [3.63, 3.8) is 0 Å². The van der Waals surface area contributed by atoms with Crippen molar-refractivity contribution in [3.8, 4) is 11.3 Å². The summed E-state index contributed by atoms with van der Waals surface area (Å²) in [7, 11) is 0. The Bertz CT molecular complexity index is 1080. The van der Waals surface area contributed by atoms with Gasteiger partial charge in [0.15, 0.2) is 0 Å². The minimum atomic E-state index is -0.903. The predicted molar refractivity (Wildman–Crippen MR) is 105 cm³/mol. The van der Waals surface area contributed by atoms with Gasteiger partial charge in [0, 0.05) is 29.4 Å². The second kappa shape index (κ2) is 6.05. The van der Waals surface area contributed by atoms with Crippen LogP contribution in [0.15, 0.2) is 36.4 Å². The normalized spacial score (nSPS) is 18.4. The van der Waals surface area contributed by atoms with Crippen molar-refractivity contribution in [1.82, 2.24) is 9.97 Å². The van der Waals surface area contributed by atoms with Crippen molar-refractivity contribution in [2.75, 3.05) is 11.4 Å². The first-order chi connectivity index (χ1) is 13.1. The lowest BCUT2D eigenvalue weighted by Gasteiger charge is -2.39. The summed E-state index contributed by atoms with van der Waals surface area (Å²) in [6.07, 6.45) is 4.32. The van der Waals surface area contributed by atoms with E-state index in [0.717, 1.165) is 53.8 Å². The molecule has 3 aromatic rings. The first-order valence-electron chi connectivity index (χ1n) is 9.54. The van der Waals surface area contributed by atoms with Crippen molar-refractivity contribution >= 4 is 22.7 Å². The summed E-state index contributed by atoms with van der Waals surface area (Å²) in [6.45, 7) is 3.22. The van der Waals surface area contributed by atoms with Gasteiger partial charge in [-0.3, -0.25) is 0 Å². The Morgan fingerprint density at radius 1 is 1.11 bits per heavy atom. The summed E-state index contributed by atoms with van der Waals surface area (Å²) in [4.78, 5) is 23.4. The number of aromatic carboxylic acids is 1. The Labute approximate surface area is 157 Å². The summed E-state index contributed by atoms with van der Waals surface area (Å²) < 4.78 is 0. The molecule has 2 heterocycles.